The smallest absolute Gasteiger partial charge is 0.245 e. The summed E-state index contributed by atoms with van der Waals surface area (Å²) < 4.78 is 1.82. The second-order valence-corrected chi connectivity index (χ2v) is 4.22. The molecule has 5 heteroatoms. The van der Waals surface area contributed by atoms with Crippen LogP contribution in [0.1, 0.15) is 6.92 Å². The highest BCUT2D eigenvalue weighted by Gasteiger charge is 2.19. The van der Waals surface area contributed by atoms with Crippen molar-refractivity contribution in [1.29, 1.82) is 0 Å². The van der Waals surface area contributed by atoms with Gasteiger partial charge in [0.25, 0.3) is 0 Å². The maximum absolute atomic E-state index is 4.52. The first-order chi connectivity index (χ1) is 7.83. The maximum Gasteiger partial charge on any atom is 0.245 e. The number of piperazine rings is 1. The minimum absolute atomic E-state index is 0.500. The van der Waals surface area contributed by atoms with Crippen LogP contribution in [0.5, 0.6) is 0 Å². The molecule has 1 fully saturated rings. The van der Waals surface area contributed by atoms with Crippen molar-refractivity contribution in [2.45, 2.75) is 13.0 Å². The number of hydrogen-bond donors (Lipinski definition) is 1. The van der Waals surface area contributed by atoms with E-state index >= 15 is 0 Å². The van der Waals surface area contributed by atoms with Gasteiger partial charge in [-0.2, -0.15) is 4.98 Å². The number of rotatable bonds is 1. The van der Waals surface area contributed by atoms with Crippen LogP contribution in [0.25, 0.3) is 5.65 Å². The van der Waals surface area contributed by atoms with Gasteiger partial charge in [-0.1, -0.05) is 6.07 Å². The van der Waals surface area contributed by atoms with E-state index in [-0.39, 0.29) is 0 Å². The number of nitrogens with one attached hydrogen (secondary N) is 1. The Morgan fingerprint density at radius 1 is 1.44 bits per heavy atom. The average Bonchev–Trinajstić information content (AvgIpc) is 2.72. The van der Waals surface area contributed by atoms with Crippen LogP contribution in [0, 0.1) is 0 Å². The third-order valence-corrected chi connectivity index (χ3v) is 2.88. The Morgan fingerprint density at radius 2 is 2.38 bits per heavy atom. The van der Waals surface area contributed by atoms with Crippen LogP contribution in [0.15, 0.2) is 24.4 Å². The Morgan fingerprint density at radius 3 is 3.19 bits per heavy atom. The summed E-state index contributed by atoms with van der Waals surface area (Å²) in [5, 5.41) is 7.89. The predicted molar refractivity (Wildman–Crippen MR) is 62.7 cm³/mol. The van der Waals surface area contributed by atoms with Gasteiger partial charge in [0, 0.05) is 31.9 Å². The molecule has 1 atom stereocenters. The summed E-state index contributed by atoms with van der Waals surface area (Å²) in [6.45, 7) is 5.12. The molecule has 5 nitrogen and oxygen atoms in total. The monoisotopic (exact) mass is 217 g/mol. The molecule has 0 unspecified atom stereocenters. The Bertz CT molecular complexity index is 459. The maximum atomic E-state index is 4.52. The number of anilines is 1. The molecule has 0 saturated carbocycles. The lowest BCUT2D eigenvalue weighted by molar-refractivity contribution is 0.479. The van der Waals surface area contributed by atoms with E-state index in [9.17, 15) is 0 Å². The lowest BCUT2D eigenvalue weighted by Gasteiger charge is -2.30. The molecule has 3 heterocycles. The molecule has 1 saturated heterocycles. The number of fused-ring (bicyclic) bond motifs is 1. The Hall–Kier alpha value is -1.62. The lowest BCUT2D eigenvalue weighted by Crippen LogP contribution is -2.49. The summed E-state index contributed by atoms with van der Waals surface area (Å²) in [6.07, 6.45) is 1.93. The fourth-order valence-electron chi connectivity index (χ4n) is 2.07. The minimum Gasteiger partial charge on any atom is -0.337 e. The fourth-order valence-corrected chi connectivity index (χ4v) is 2.07. The van der Waals surface area contributed by atoms with Crippen molar-refractivity contribution < 1.29 is 0 Å². The van der Waals surface area contributed by atoms with E-state index in [0.29, 0.717) is 6.04 Å². The zero-order valence-electron chi connectivity index (χ0n) is 9.30. The summed E-state index contributed by atoms with van der Waals surface area (Å²) in [5.41, 5.74) is 0.906. The van der Waals surface area contributed by atoms with Gasteiger partial charge in [-0.15, -0.1) is 5.10 Å². The largest absolute Gasteiger partial charge is 0.337 e. The molecule has 2 aromatic heterocycles. The van der Waals surface area contributed by atoms with Gasteiger partial charge in [0.2, 0.25) is 5.95 Å². The Labute approximate surface area is 94.1 Å². The van der Waals surface area contributed by atoms with Crippen molar-refractivity contribution in [3.05, 3.63) is 24.4 Å². The third-order valence-electron chi connectivity index (χ3n) is 2.88. The van der Waals surface area contributed by atoms with E-state index in [1.54, 1.807) is 0 Å². The Balaban J connectivity index is 1.93. The van der Waals surface area contributed by atoms with Crippen molar-refractivity contribution in [2.24, 2.45) is 0 Å². The molecule has 1 aliphatic rings. The van der Waals surface area contributed by atoms with Crippen molar-refractivity contribution >= 4 is 11.6 Å². The van der Waals surface area contributed by atoms with Crippen LogP contribution in [0.3, 0.4) is 0 Å². The van der Waals surface area contributed by atoms with Crippen LogP contribution in [0.4, 0.5) is 5.95 Å². The van der Waals surface area contributed by atoms with E-state index in [0.717, 1.165) is 31.2 Å². The van der Waals surface area contributed by atoms with E-state index in [4.69, 9.17) is 0 Å². The third kappa shape index (κ3) is 1.63. The molecule has 16 heavy (non-hydrogen) atoms. The van der Waals surface area contributed by atoms with Crippen molar-refractivity contribution in [1.82, 2.24) is 19.9 Å². The van der Waals surface area contributed by atoms with Crippen LogP contribution in [-0.4, -0.2) is 40.3 Å². The minimum atomic E-state index is 0.500. The molecular formula is C11H15N5. The molecule has 1 N–H and O–H groups in total. The first kappa shape index (κ1) is 9.59. The van der Waals surface area contributed by atoms with Gasteiger partial charge in [0.1, 0.15) is 0 Å². The highest BCUT2D eigenvalue weighted by Crippen LogP contribution is 2.12. The van der Waals surface area contributed by atoms with E-state index in [1.807, 2.05) is 28.9 Å². The summed E-state index contributed by atoms with van der Waals surface area (Å²) in [4.78, 5) is 6.75. The number of hydrogen-bond acceptors (Lipinski definition) is 4. The number of aromatic nitrogens is 3. The van der Waals surface area contributed by atoms with Gasteiger partial charge in [0.05, 0.1) is 0 Å². The van der Waals surface area contributed by atoms with Crippen molar-refractivity contribution in [3.8, 4) is 0 Å². The fraction of sp³-hybridized carbons (Fsp3) is 0.455. The second kappa shape index (κ2) is 3.75. The Kier molecular flexibility index (Phi) is 2.25. The van der Waals surface area contributed by atoms with Crippen LogP contribution < -0.4 is 10.2 Å². The normalized spacial score (nSPS) is 21.6. The molecule has 0 spiro atoms. The SMILES string of the molecule is C[C@@H]1CN(c2nc3ccccn3n2)CCN1. The van der Waals surface area contributed by atoms with E-state index in [1.165, 1.54) is 0 Å². The average molecular weight is 217 g/mol. The lowest BCUT2D eigenvalue weighted by atomic mass is 10.2. The topological polar surface area (TPSA) is 45.5 Å². The van der Waals surface area contributed by atoms with Gasteiger partial charge in [-0.25, -0.2) is 4.52 Å². The summed E-state index contributed by atoms with van der Waals surface area (Å²) in [5.74, 6) is 0.833. The van der Waals surface area contributed by atoms with Crippen molar-refractivity contribution in [2.75, 3.05) is 24.5 Å². The summed E-state index contributed by atoms with van der Waals surface area (Å²) in [6, 6.07) is 6.42. The molecule has 2 aromatic rings. The van der Waals surface area contributed by atoms with E-state index < -0.39 is 0 Å². The summed E-state index contributed by atoms with van der Waals surface area (Å²) in [7, 11) is 0. The van der Waals surface area contributed by atoms with Crippen LogP contribution in [0.2, 0.25) is 0 Å². The highest BCUT2D eigenvalue weighted by atomic mass is 15.4. The number of pyridine rings is 1. The molecule has 0 aliphatic carbocycles. The zero-order valence-corrected chi connectivity index (χ0v) is 9.30. The van der Waals surface area contributed by atoms with Gasteiger partial charge in [0.15, 0.2) is 5.65 Å². The van der Waals surface area contributed by atoms with E-state index in [2.05, 4.69) is 27.2 Å². The highest BCUT2D eigenvalue weighted by molar-refractivity contribution is 5.44. The molecule has 0 amide bonds. The molecule has 0 radical (unpaired) electrons. The standard InChI is InChI=1S/C11H15N5/c1-9-8-15(7-5-12-9)11-13-10-4-2-3-6-16(10)14-11/h2-4,6,9,12H,5,7-8H2,1H3/t9-/m1/s1. The van der Waals surface area contributed by atoms with Gasteiger partial charge < -0.3 is 10.2 Å². The van der Waals surface area contributed by atoms with Gasteiger partial charge in [-0.05, 0) is 19.1 Å². The van der Waals surface area contributed by atoms with Crippen LogP contribution in [-0.2, 0) is 0 Å². The quantitative estimate of drug-likeness (QED) is 0.756. The predicted octanol–water partition coefficient (Wildman–Crippen LogP) is 0.527. The first-order valence-electron chi connectivity index (χ1n) is 5.63. The van der Waals surface area contributed by atoms with Gasteiger partial charge in [-0.3, -0.25) is 0 Å². The zero-order chi connectivity index (χ0) is 11.0. The van der Waals surface area contributed by atoms with Gasteiger partial charge >= 0.3 is 0 Å². The molecular weight excluding hydrogens is 202 g/mol. The van der Waals surface area contributed by atoms with Crippen LogP contribution >= 0.6 is 0 Å². The summed E-state index contributed by atoms with van der Waals surface area (Å²) >= 11 is 0. The molecule has 1 aliphatic heterocycles. The molecule has 0 bridgehead atoms. The molecule has 3 rings (SSSR count). The van der Waals surface area contributed by atoms with Crippen molar-refractivity contribution in [3.63, 3.8) is 0 Å². The molecule has 0 aromatic carbocycles. The molecule has 84 valence electrons. The first-order valence-corrected chi connectivity index (χ1v) is 5.63. The number of nitrogens with zero attached hydrogens (tertiary/aromatic N) is 4. The second-order valence-electron chi connectivity index (χ2n) is 4.22.